The van der Waals surface area contributed by atoms with Crippen LogP contribution in [0.4, 0.5) is 0 Å². The SMILES string of the molecule is Cc1cc(OCC[C@@H](C)O)cc(C)c1-c1cccc(COc2ccc(-c3cc(O)n[s+]3[O-])cc2)c1C. The van der Waals surface area contributed by atoms with E-state index in [-0.39, 0.29) is 12.0 Å². The van der Waals surface area contributed by atoms with Crippen LogP contribution >= 0.6 is 10.9 Å². The summed E-state index contributed by atoms with van der Waals surface area (Å²) < 4.78 is 27.5. The maximum Gasteiger partial charge on any atom is 0.270 e. The molecule has 4 aromatic rings. The van der Waals surface area contributed by atoms with Crippen molar-refractivity contribution in [2.75, 3.05) is 6.61 Å². The molecular weight excluding hydrogens is 474 g/mol. The third kappa shape index (κ3) is 5.87. The van der Waals surface area contributed by atoms with Gasteiger partial charge in [-0.1, -0.05) is 18.2 Å². The van der Waals surface area contributed by atoms with Crippen molar-refractivity contribution in [2.45, 2.75) is 46.8 Å². The minimum Gasteiger partial charge on any atom is -0.568 e. The second kappa shape index (κ2) is 11.1. The van der Waals surface area contributed by atoms with Crippen LogP contribution in [0.1, 0.15) is 35.6 Å². The Labute approximate surface area is 214 Å². The van der Waals surface area contributed by atoms with Crippen molar-refractivity contribution in [2.24, 2.45) is 0 Å². The fourth-order valence-corrected chi connectivity index (χ4v) is 5.14. The average molecular weight is 506 g/mol. The van der Waals surface area contributed by atoms with Gasteiger partial charge in [0, 0.05) is 16.4 Å². The first kappa shape index (κ1) is 25.7. The van der Waals surface area contributed by atoms with Crippen LogP contribution in [0.25, 0.3) is 21.6 Å². The quantitative estimate of drug-likeness (QED) is 0.252. The van der Waals surface area contributed by atoms with Gasteiger partial charge in [-0.3, -0.25) is 0 Å². The number of aliphatic hydroxyl groups is 1. The first-order chi connectivity index (χ1) is 17.2. The molecule has 0 radical (unpaired) electrons. The largest absolute Gasteiger partial charge is 0.568 e. The molecule has 2 N–H and O–H groups in total. The van der Waals surface area contributed by atoms with Crippen LogP contribution in [0.3, 0.4) is 0 Å². The molecule has 0 bridgehead atoms. The highest BCUT2D eigenvalue weighted by Crippen LogP contribution is 2.36. The number of hydrogen-bond acceptors (Lipinski definition) is 6. The Morgan fingerprint density at radius 3 is 2.25 bits per heavy atom. The predicted molar refractivity (Wildman–Crippen MR) is 142 cm³/mol. The van der Waals surface area contributed by atoms with Gasteiger partial charge in [0.1, 0.15) is 18.1 Å². The zero-order valence-electron chi connectivity index (χ0n) is 20.9. The second-order valence-electron chi connectivity index (χ2n) is 9.03. The Hall–Kier alpha value is -3.39. The van der Waals surface area contributed by atoms with E-state index in [2.05, 4.69) is 37.3 Å². The molecule has 3 aromatic carbocycles. The average Bonchev–Trinajstić information content (AvgIpc) is 3.17. The monoisotopic (exact) mass is 505 g/mol. The Kier molecular flexibility index (Phi) is 7.94. The van der Waals surface area contributed by atoms with E-state index in [0.717, 1.165) is 39.1 Å². The minimum atomic E-state index is -1.57. The standard InChI is InChI=1S/C29H31NO5S/c1-18-14-25(34-13-12-20(3)31)15-19(2)29(18)26-7-5-6-23(21(26)4)17-35-24-10-8-22(9-11-24)27-16-28(32)30-36(27)33/h5-11,14-16,20,31H,12-13,17H2,1-4H3,(H,30,32)/t20-,36?/m1/s1. The molecule has 36 heavy (non-hydrogen) atoms. The minimum absolute atomic E-state index is 0.219. The lowest BCUT2D eigenvalue weighted by Crippen LogP contribution is -2.07. The second-order valence-corrected chi connectivity index (χ2v) is 10.1. The molecule has 7 heteroatoms. The van der Waals surface area contributed by atoms with Crippen molar-refractivity contribution in [3.63, 3.8) is 0 Å². The maximum absolute atomic E-state index is 12.0. The smallest absolute Gasteiger partial charge is 0.270 e. The van der Waals surface area contributed by atoms with Crippen LogP contribution in [-0.4, -0.2) is 31.9 Å². The first-order valence-corrected chi connectivity index (χ1v) is 13.0. The number of aromatic hydroxyl groups is 1. The fourth-order valence-electron chi connectivity index (χ4n) is 4.28. The number of hydrogen-bond donors (Lipinski definition) is 2. The van der Waals surface area contributed by atoms with Gasteiger partial charge in [-0.2, -0.15) is 0 Å². The number of nitrogens with zero attached hydrogens (tertiary/aromatic N) is 1. The van der Waals surface area contributed by atoms with Crippen LogP contribution in [0.2, 0.25) is 0 Å². The van der Waals surface area contributed by atoms with E-state index in [1.165, 1.54) is 11.6 Å². The predicted octanol–water partition coefficient (Wildman–Crippen LogP) is 6.50. The van der Waals surface area contributed by atoms with Crippen LogP contribution in [0, 0.1) is 20.8 Å². The highest BCUT2D eigenvalue weighted by Gasteiger charge is 2.16. The molecular formula is C29H31NO5S. The lowest BCUT2D eigenvalue weighted by Gasteiger charge is -2.18. The fraction of sp³-hybridized carbons (Fsp3) is 0.276. The summed E-state index contributed by atoms with van der Waals surface area (Å²) in [5.41, 5.74) is 7.58. The van der Waals surface area contributed by atoms with Gasteiger partial charge in [0.05, 0.1) is 29.7 Å². The molecule has 2 atom stereocenters. The number of aryl methyl sites for hydroxylation is 2. The van der Waals surface area contributed by atoms with Crippen LogP contribution < -0.4 is 9.47 Å². The number of benzene rings is 3. The molecule has 6 nitrogen and oxygen atoms in total. The topological polar surface area (TPSA) is 94.9 Å². The summed E-state index contributed by atoms with van der Waals surface area (Å²) in [5.74, 6) is 1.29. The lowest BCUT2D eigenvalue weighted by atomic mass is 9.90. The first-order valence-electron chi connectivity index (χ1n) is 11.9. The summed E-state index contributed by atoms with van der Waals surface area (Å²) in [4.78, 5) is 0.479. The Bertz CT molecular complexity index is 1320. The van der Waals surface area contributed by atoms with Gasteiger partial charge in [-0.15, -0.1) is 0 Å². The molecule has 0 aliphatic carbocycles. The summed E-state index contributed by atoms with van der Waals surface area (Å²) in [6.45, 7) is 8.94. The van der Waals surface area contributed by atoms with E-state index in [1.54, 1.807) is 6.92 Å². The summed E-state index contributed by atoms with van der Waals surface area (Å²) in [6, 6.07) is 19.0. The Morgan fingerprint density at radius 2 is 1.64 bits per heavy atom. The number of rotatable bonds is 9. The van der Waals surface area contributed by atoms with Crippen LogP contribution in [0.15, 0.2) is 60.7 Å². The molecule has 4 rings (SSSR count). The van der Waals surface area contributed by atoms with Crippen molar-refractivity contribution in [1.82, 2.24) is 4.37 Å². The van der Waals surface area contributed by atoms with Gasteiger partial charge in [-0.25, -0.2) is 0 Å². The third-order valence-corrected chi connectivity index (χ3v) is 7.27. The van der Waals surface area contributed by atoms with Crippen molar-refractivity contribution in [3.05, 3.63) is 82.9 Å². The third-order valence-electron chi connectivity index (χ3n) is 6.18. The molecule has 0 saturated heterocycles. The maximum atomic E-state index is 12.0. The van der Waals surface area contributed by atoms with E-state index in [0.29, 0.717) is 30.3 Å². The van der Waals surface area contributed by atoms with E-state index < -0.39 is 10.9 Å². The molecule has 0 spiro atoms. The van der Waals surface area contributed by atoms with Crippen molar-refractivity contribution < 1.29 is 24.2 Å². The molecule has 0 aliphatic heterocycles. The van der Waals surface area contributed by atoms with E-state index in [1.807, 2.05) is 42.5 Å². The van der Waals surface area contributed by atoms with Crippen LogP contribution in [-0.2, 0) is 6.61 Å². The van der Waals surface area contributed by atoms with Crippen molar-refractivity contribution in [1.29, 1.82) is 0 Å². The number of ether oxygens (including phenoxy) is 2. The molecule has 0 fully saturated rings. The summed E-state index contributed by atoms with van der Waals surface area (Å²) >= 11 is 0. The summed E-state index contributed by atoms with van der Waals surface area (Å²) in [5, 5.41) is 18.9. The summed E-state index contributed by atoms with van der Waals surface area (Å²) in [7, 11) is -1.57. The molecule has 1 unspecified atom stereocenters. The number of aromatic nitrogens is 1. The van der Waals surface area contributed by atoms with Gasteiger partial charge < -0.3 is 24.2 Å². The molecule has 0 saturated carbocycles. The molecule has 1 aromatic heterocycles. The van der Waals surface area contributed by atoms with Gasteiger partial charge in [0.25, 0.3) is 5.88 Å². The molecule has 1 heterocycles. The van der Waals surface area contributed by atoms with Gasteiger partial charge in [0.15, 0.2) is 0 Å². The summed E-state index contributed by atoms with van der Waals surface area (Å²) in [6.07, 6.45) is 0.218. The Morgan fingerprint density at radius 1 is 0.944 bits per heavy atom. The van der Waals surface area contributed by atoms with Crippen molar-refractivity contribution in [3.8, 4) is 38.9 Å². The molecule has 188 valence electrons. The van der Waals surface area contributed by atoms with Gasteiger partial charge >= 0.3 is 0 Å². The molecule has 0 aliphatic rings. The zero-order chi connectivity index (χ0) is 25.8. The normalized spacial score (nSPS) is 12.4. The van der Waals surface area contributed by atoms with Crippen LogP contribution in [0.5, 0.6) is 17.4 Å². The van der Waals surface area contributed by atoms with E-state index in [9.17, 15) is 14.8 Å². The van der Waals surface area contributed by atoms with Crippen molar-refractivity contribution >= 4 is 10.9 Å². The highest BCUT2D eigenvalue weighted by molar-refractivity contribution is 7.23. The zero-order valence-corrected chi connectivity index (χ0v) is 21.8. The van der Waals surface area contributed by atoms with E-state index in [4.69, 9.17) is 9.47 Å². The van der Waals surface area contributed by atoms with Gasteiger partial charge in [-0.05, 0) is 97.5 Å². The lowest BCUT2D eigenvalue weighted by molar-refractivity contribution is 0.155. The Balaban J connectivity index is 1.49. The van der Waals surface area contributed by atoms with E-state index >= 15 is 0 Å². The van der Waals surface area contributed by atoms with Gasteiger partial charge in [0.2, 0.25) is 4.88 Å². The molecule has 0 amide bonds. The number of aliphatic hydroxyl groups excluding tert-OH is 1. The highest BCUT2D eigenvalue weighted by atomic mass is 32.2.